The van der Waals surface area contributed by atoms with Crippen LogP contribution in [0, 0.1) is 11.3 Å². The van der Waals surface area contributed by atoms with E-state index in [9.17, 15) is 0 Å². The van der Waals surface area contributed by atoms with Crippen LogP contribution in [0.15, 0.2) is 54.0 Å². The number of nitrogens with zero attached hydrogens (tertiary/aromatic N) is 4. The van der Waals surface area contributed by atoms with Crippen molar-refractivity contribution < 1.29 is 0 Å². The second-order valence-electron chi connectivity index (χ2n) is 7.11. The van der Waals surface area contributed by atoms with Gasteiger partial charge in [0, 0.05) is 30.0 Å². The quantitative estimate of drug-likeness (QED) is 0.452. The number of nitrogens with one attached hydrogen (secondary N) is 3. The number of fused-ring (bicyclic) bond motifs is 1. The summed E-state index contributed by atoms with van der Waals surface area (Å²) < 4.78 is 1.08. The Morgan fingerprint density at radius 3 is 2.83 bits per heavy atom. The minimum atomic E-state index is 0.379. The Hall–Kier alpha value is -3.54. The molecule has 0 radical (unpaired) electrons. The molecule has 1 aliphatic rings. The van der Waals surface area contributed by atoms with E-state index in [0.29, 0.717) is 23.2 Å². The second kappa shape index (κ2) is 8.06. The fraction of sp³-hybridized carbons (Fsp3) is 0.182. The van der Waals surface area contributed by atoms with E-state index in [4.69, 9.17) is 15.2 Å². The van der Waals surface area contributed by atoms with Crippen LogP contribution in [0.25, 0.3) is 21.6 Å². The molecule has 0 amide bonds. The third kappa shape index (κ3) is 3.81. The molecular weight excluding hydrogens is 394 g/mol. The Morgan fingerprint density at radius 1 is 1.13 bits per heavy atom. The number of benzene rings is 1. The summed E-state index contributed by atoms with van der Waals surface area (Å²) in [4.78, 5) is 14.0. The van der Waals surface area contributed by atoms with Crippen LogP contribution in [0.1, 0.15) is 12.0 Å². The average molecular weight is 414 g/mol. The molecule has 1 saturated heterocycles. The first-order valence-corrected chi connectivity index (χ1v) is 10.6. The zero-order chi connectivity index (χ0) is 20.3. The zero-order valence-corrected chi connectivity index (χ0v) is 16.9. The first kappa shape index (κ1) is 18.5. The van der Waals surface area contributed by atoms with Crippen LogP contribution < -0.4 is 16.0 Å². The zero-order valence-electron chi connectivity index (χ0n) is 16.1. The molecule has 8 heteroatoms. The van der Waals surface area contributed by atoms with Gasteiger partial charge in [-0.15, -0.1) is 11.3 Å². The van der Waals surface area contributed by atoms with Gasteiger partial charge >= 0.3 is 0 Å². The molecule has 1 aromatic carbocycles. The van der Waals surface area contributed by atoms with Gasteiger partial charge in [0.05, 0.1) is 21.8 Å². The molecule has 1 fully saturated rings. The maximum Gasteiger partial charge on any atom is 0.162 e. The molecule has 3 N–H and O–H groups in total. The number of nitriles is 1. The lowest BCUT2D eigenvalue weighted by Crippen LogP contribution is -2.22. The summed E-state index contributed by atoms with van der Waals surface area (Å²) in [6, 6.07) is 15.6. The predicted octanol–water partition coefficient (Wildman–Crippen LogP) is 4.14. The van der Waals surface area contributed by atoms with E-state index in [2.05, 4.69) is 27.0 Å². The van der Waals surface area contributed by atoms with Gasteiger partial charge in [0.1, 0.15) is 11.6 Å². The molecule has 0 bridgehead atoms. The van der Waals surface area contributed by atoms with Crippen molar-refractivity contribution in [2.24, 2.45) is 0 Å². The topological polar surface area (TPSA) is 98.5 Å². The largest absolute Gasteiger partial charge is 0.365 e. The van der Waals surface area contributed by atoms with Crippen molar-refractivity contribution in [3.05, 3.63) is 59.6 Å². The minimum Gasteiger partial charge on any atom is -0.365 e. The Labute approximate surface area is 177 Å². The van der Waals surface area contributed by atoms with Crippen LogP contribution in [0.3, 0.4) is 0 Å². The normalized spacial score (nSPS) is 15.8. The van der Waals surface area contributed by atoms with Gasteiger partial charge in [-0.3, -0.25) is 0 Å². The lowest BCUT2D eigenvalue weighted by Gasteiger charge is -2.14. The summed E-state index contributed by atoms with van der Waals surface area (Å²) in [5.74, 6) is 2.25. The van der Waals surface area contributed by atoms with Crippen LogP contribution in [0.4, 0.5) is 17.3 Å². The van der Waals surface area contributed by atoms with E-state index in [1.54, 1.807) is 29.7 Å². The van der Waals surface area contributed by atoms with Crippen LogP contribution in [-0.4, -0.2) is 34.1 Å². The number of rotatable bonds is 5. The molecule has 3 aromatic heterocycles. The second-order valence-corrected chi connectivity index (χ2v) is 8.02. The van der Waals surface area contributed by atoms with Gasteiger partial charge in [-0.05, 0) is 60.8 Å². The van der Waals surface area contributed by atoms with E-state index in [1.807, 2.05) is 35.7 Å². The fourth-order valence-corrected chi connectivity index (χ4v) is 4.26. The Bertz CT molecular complexity index is 1220. The molecule has 7 nitrogen and oxygen atoms in total. The van der Waals surface area contributed by atoms with Gasteiger partial charge in [-0.1, -0.05) is 0 Å². The van der Waals surface area contributed by atoms with E-state index in [1.165, 1.54) is 0 Å². The van der Waals surface area contributed by atoms with E-state index in [0.717, 1.165) is 46.8 Å². The highest BCUT2D eigenvalue weighted by Crippen LogP contribution is 2.30. The molecule has 0 unspecified atom stereocenters. The van der Waals surface area contributed by atoms with E-state index >= 15 is 0 Å². The lowest BCUT2D eigenvalue weighted by atomic mass is 10.2. The number of pyridine rings is 1. The van der Waals surface area contributed by atoms with Gasteiger partial charge in [-0.25, -0.2) is 15.0 Å². The number of aromatic nitrogens is 3. The van der Waals surface area contributed by atoms with Crippen LogP contribution >= 0.6 is 11.3 Å². The lowest BCUT2D eigenvalue weighted by molar-refractivity contribution is 0.789. The first-order valence-electron chi connectivity index (χ1n) is 9.74. The van der Waals surface area contributed by atoms with Gasteiger partial charge in [0.15, 0.2) is 5.82 Å². The maximum atomic E-state index is 8.95. The van der Waals surface area contributed by atoms with Crippen molar-refractivity contribution in [1.82, 2.24) is 20.3 Å². The molecule has 1 atom stereocenters. The Morgan fingerprint density at radius 2 is 2.03 bits per heavy atom. The summed E-state index contributed by atoms with van der Waals surface area (Å²) >= 11 is 1.65. The molecule has 4 heterocycles. The number of hydrogen-bond acceptors (Lipinski definition) is 8. The Kier molecular flexibility index (Phi) is 4.97. The van der Waals surface area contributed by atoms with Crippen molar-refractivity contribution in [1.29, 1.82) is 5.26 Å². The predicted molar refractivity (Wildman–Crippen MR) is 120 cm³/mol. The highest BCUT2D eigenvalue weighted by molar-refractivity contribution is 7.17. The minimum absolute atomic E-state index is 0.379. The van der Waals surface area contributed by atoms with Crippen molar-refractivity contribution in [2.45, 2.75) is 12.5 Å². The van der Waals surface area contributed by atoms with Crippen molar-refractivity contribution in [3.8, 4) is 17.5 Å². The van der Waals surface area contributed by atoms with E-state index < -0.39 is 0 Å². The standard InChI is InChI=1S/C22H19N7S/c23-12-14-1-3-16(4-2-14)26-19-11-15(5-9-25-19)21-28-18-7-10-30-20(18)22(29-21)27-17-6-8-24-13-17/h1-5,7,9-11,17,24H,6,8,13H2,(H,25,26)(H,27,28,29)/t17-/m1/s1. The summed E-state index contributed by atoms with van der Waals surface area (Å²) in [6.45, 7) is 1.97. The molecule has 148 valence electrons. The molecular formula is C22H19N7S. The van der Waals surface area contributed by atoms with Gasteiger partial charge in [-0.2, -0.15) is 5.26 Å². The maximum absolute atomic E-state index is 8.95. The monoisotopic (exact) mass is 413 g/mol. The van der Waals surface area contributed by atoms with Crippen molar-refractivity contribution in [3.63, 3.8) is 0 Å². The summed E-state index contributed by atoms with van der Waals surface area (Å²) in [5, 5.41) is 21.2. The van der Waals surface area contributed by atoms with Gasteiger partial charge < -0.3 is 16.0 Å². The molecule has 30 heavy (non-hydrogen) atoms. The molecule has 0 spiro atoms. The summed E-state index contributed by atoms with van der Waals surface area (Å²) in [7, 11) is 0. The molecule has 4 aromatic rings. The number of thiophene rings is 1. The SMILES string of the molecule is N#Cc1ccc(Nc2cc(-c3nc(N[C@@H]4CCNC4)c4sccc4n3)ccn2)cc1. The van der Waals surface area contributed by atoms with Crippen LogP contribution in [0.2, 0.25) is 0 Å². The molecule has 1 aliphatic heterocycles. The number of hydrogen-bond donors (Lipinski definition) is 3. The van der Waals surface area contributed by atoms with Crippen molar-refractivity contribution >= 4 is 38.9 Å². The van der Waals surface area contributed by atoms with Crippen molar-refractivity contribution in [2.75, 3.05) is 23.7 Å². The first-order chi connectivity index (χ1) is 14.8. The van der Waals surface area contributed by atoms with Crippen LogP contribution in [-0.2, 0) is 0 Å². The third-order valence-corrected chi connectivity index (χ3v) is 5.92. The smallest absolute Gasteiger partial charge is 0.162 e. The van der Waals surface area contributed by atoms with Gasteiger partial charge in [0.2, 0.25) is 0 Å². The average Bonchev–Trinajstić information content (AvgIpc) is 3.46. The summed E-state index contributed by atoms with van der Waals surface area (Å²) in [6.07, 6.45) is 2.83. The fourth-order valence-electron chi connectivity index (χ4n) is 3.48. The highest BCUT2D eigenvalue weighted by atomic mass is 32.1. The Balaban J connectivity index is 1.46. The third-order valence-electron chi connectivity index (χ3n) is 5.01. The molecule has 5 rings (SSSR count). The van der Waals surface area contributed by atoms with Gasteiger partial charge in [0.25, 0.3) is 0 Å². The molecule has 0 aliphatic carbocycles. The number of anilines is 3. The highest BCUT2D eigenvalue weighted by Gasteiger charge is 2.18. The van der Waals surface area contributed by atoms with E-state index in [-0.39, 0.29) is 0 Å². The van der Waals surface area contributed by atoms with Crippen LogP contribution in [0.5, 0.6) is 0 Å². The summed E-state index contributed by atoms with van der Waals surface area (Å²) in [5.41, 5.74) is 3.32. The molecule has 0 saturated carbocycles.